The van der Waals surface area contributed by atoms with Gasteiger partial charge in [-0.1, -0.05) is 17.7 Å². The maximum absolute atomic E-state index is 12.0. The monoisotopic (exact) mass is 402 g/mol. The number of urea groups is 1. The number of halogens is 1. The zero-order valence-electron chi connectivity index (χ0n) is 16.2. The minimum absolute atomic E-state index is 0.193. The number of hydrogen-bond donors (Lipinski definition) is 2. The summed E-state index contributed by atoms with van der Waals surface area (Å²) in [5, 5.41) is 6.52. The molecule has 150 valence electrons. The van der Waals surface area contributed by atoms with Gasteiger partial charge in [-0.3, -0.25) is 4.90 Å². The lowest BCUT2D eigenvalue weighted by atomic mass is 10.2. The van der Waals surface area contributed by atoms with Gasteiger partial charge in [0.1, 0.15) is 5.75 Å². The van der Waals surface area contributed by atoms with Crippen molar-refractivity contribution in [3.63, 3.8) is 0 Å². The van der Waals surface area contributed by atoms with Crippen molar-refractivity contribution in [1.82, 2.24) is 10.2 Å². The van der Waals surface area contributed by atoms with Gasteiger partial charge < -0.3 is 20.3 Å². The van der Waals surface area contributed by atoms with Crippen LogP contribution in [-0.4, -0.2) is 56.8 Å². The average molecular weight is 403 g/mol. The first-order valence-electron chi connectivity index (χ1n) is 9.64. The van der Waals surface area contributed by atoms with Crippen LogP contribution in [0.15, 0.2) is 48.5 Å². The van der Waals surface area contributed by atoms with Crippen LogP contribution in [0.4, 0.5) is 16.2 Å². The quantitative estimate of drug-likeness (QED) is 0.741. The molecule has 1 heterocycles. The minimum Gasteiger partial charge on any atom is -0.494 e. The number of nitrogens with one attached hydrogen (secondary N) is 2. The molecule has 0 unspecified atom stereocenters. The van der Waals surface area contributed by atoms with Crippen LogP contribution in [0.5, 0.6) is 5.75 Å². The SMILES string of the molecule is CCOc1ccc(NC(=O)NCCN2CCN(c3cccc(Cl)c3)CC2)cc1. The standard InChI is InChI=1S/C21H27ClN4O2/c1-2-28-20-8-6-18(7-9-20)24-21(27)23-10-11-25-12-14-26(15-13-25)19-5-3-4-17(22)16-19/h3-9,16H,2,10-15H2,1H3,(H2,23,24,27). The van der Waals surface area contributed by atoms with Crippen LogP contribution in [0.3, 0.4) is 0 Å². The molecule has 2 aromatic carbocycles. The van der Waals surface area contributed by atoms with Crippen molar-refractivity contribution in [2.45, 2.75) is 6.92 Å². The van der Waals surface area contributed by atoms with Crippen molar-refractivity contribution in [1.29, 1.82) is 0 Å². The molecule has 3 rings (SSSR count). The van der Waals surface area contributed by atoms with Crippen molar-refractivity contribution in [2.75, 3.05) is 56.1 Å². The van der Waals surface area contributed by atoms with Gasteiger partial charge >= 0.3 is 6.03 Å². The van der Waals surface area contributed by atoms with Gasteiger partial charge in [-0.2, -0.15) is 0 Å². The third-order valence-corrected chi connectivity index (χ3v) is 4.92. The third-order valence-electron chi connectivity index (χ3n) is 4.68. The summed E-state index contributed by atoms with van der Waals surface area (Å²) in [4.78, 5) is 16.7. The number of benzene rings is 2. The molecule has 2 aromatic rings. The first-order chi connectivity index (χ1) is 13.6. The number of ether oxygens (including phenoxy) is 1. The van der Waals surface area contributed by atoms with E-state index in [0.717, 1.165) is 49.2 Å². The maximum Gasteiger partial charge on any atom is 0.319 e. The Morgan fingerprint density at radius 3 is 2.54 bits per heavy atom. The summed E-state index contributed by atoms with van der Waals surface area (Å²) in [7, 11) is 0. The molecule has 1 aliphatic heterocycles. The highest BCUT2D eigenvalue weighted by Crippen LogP contribution is 2.20. The van der Waals surface area contributed by atoms with Gasteiger partial charge in [-0.05, 0) is 49.4 Å². The van der Waals surface area contributed by atoms with Gasteiger partial charge in [0.15, 0.2) is 0 Å². The summed E-state index contributed by atoms with van der Waals surface area (Å²) in [5.41, 5.74) is 1.91. The van der Waals surface area contributed by atoms with Gasteiger partial charge in [-0.15, -0.1) is 0 Å². The second-order valence-electron chi connectivity index (χ2n) is 6.65. The number of hydrogen-bond acceptors (Lipinski definition) is 4. The third kappa shape index (κ3) is 6.04. The largest absolute Gasteiger partial charge is 0.494 e. The molecule has 1 saturated heterocycles. The van der Waals surface area contributed by atoms with Crippen LogP contribution >= 0.6 is 11.6 Å². The van der Waals surface area contributed by atoms with E-state index >= 15 is 0 Å². The topological polar surface area (TPSA) is 56.8 Å². The van der Waals surface area contributed by atoms with E-state index < -0.39 is 0 Å². The van der Waals surface area contributed by atoms with Gasteiger partial charge in [0, 0.05) is 55.7 Å². The van der Waals surface area contributed by atoms with E-state index in [2.05, 4.69) is 26.5 Å². The lowest BCUT2D eigenvalue weighted by Gasteiger charge is -2.36. The van der Waals surface area contributed by atoms with Crippen LogP contribution in [0.2, 0.25) is 5.02 Å². The molecule has 6 nitrogen and oxygen atoms in total. The summed E-state index contributed by atoms with van der Waals surface area (Å²) in [6, 6.07) is 15.1. The first kappa shape index (κ1) is 20.3. The Kier molecular flexibility index (Phi) is 7.39. The molecule has 1 aliphatic rings. The van der Waals surface area contributed by atoms with E-state index in [1.54, 1.807) is 0 Å². The highest BCUT2D eigenvalue weighted by Gasteiger charge is 2.17. The fourth-order valence-electron chi connectivity index (χ4n) is 3.21. The fourth-order valence-corrected chi connectivity index (χ4v) is 3.39. The molecule has 1 fully saturated rings. The Hall–Kier alpha value is -2.44. The molecule has 0 spiro atoms. The van der Waals surface area contributed by atoms with E-state index in [1.165, 1.54) is 5.69 Å². The smallest absolute Gasteiger partial charge is 0.319 e. The fraction of sp³-hybridized carbons (Fsp3) is 0.381. The molecule has 28 heavy (non-hydrogen) atoms. The summed E-state index contributed by atoms with van der Waals surface area (Å²) in [5.74, 6) is 0.797. The minimum atomic E-state index is -0.193. The predicted octanol–water partition coefficient (Wildman–Crippen LogP) is 3.68. The van der Waals surface area contributed by atoms with E-state index in [-0.39, 0.29) is 6.03 Å². The number of anilines is 2. The second kappa shape index (κ2) is 10.2. The molecular formula is C21H27ClN4O2. The highest BCUT2D eigenvalue weighted by atomic mass is 35.5. The van der Waals surface area contributed by atoms with Gasteiger partial charge in [0.05, 0.1) is 6.61 Å². The van der Waals surface area contributed by atoms with Crippen molar-refractivity contribution in [3.05, 3.63) is 53.6 Å². The normalized spacial score (nSPS) is 14.6. The van der Waals surface area contributed by atoms with E-state index in [0.29, 0.717) is 13.2 Å². The van der Waals surface area contributed by atoms with Gasteiger partial charge in [0.25, 0.3) is 0 Å². The average Bonchev–Trinajstić information content (AvgIpc) is 2.70. The number of piperazine rings is 1. The van der Waals surface area contributed by atoms with E-state index in [4.69, 9.17) is 16.3 Å². The highest BCUT2D eigenvalue weighted by molar-refractivity contribution is 6.30. The first-order valence-corrected chi connectivity index (χ1v) is 10.0. The zero-order chi connectivity index (χ0) is 19.8. The lowest BCUT2D eigenvalue weighted by Crippen LogP contribution is -2.48. The Morgan fingerprint density at radius 2 is 1.86 bits per heavy atom. The molecule has 0 aliphatic carbocycles. The molecule has 0 atom stereocenters. The molecule has 0 aromatic heterocycles. The summed E-state index contributed by atoms with van der Waals surface area (Å²) in [6.45, 7) is 7.86. The number of amides is 2. The molecule has 7 heteroatoms. The summed E-state index contributed by atoms with van der Waals surface area (Å²) in [6.07, 6.45) is 0. The van der Waals surface area contributed by atoms with Crippen molar-refractivity contribution in [2.24, 2.45) is 0 Å². The molecule has 0 radical (unpaired) electrons. The van der Waals surface area contributed by atoms with Crippen LogP contribution < -0.4 is 20.3 Å². The van der Waals surface area contributed by atoms with Crippen molar-refractivity contribution >= 4 is 29.0 Å². The van der Waals surface area contributed by atoms with E-state index in [1.807, 2.05) is 49.4 Å². The molecular weight excluding hydrogens is 376 g/mol. The summed E-state index contributed by atoms with van der Waals surface area (Å²) < 4.78 is 5.40. The molecule has 2 N–H and O–H groups in total. The molecule has 0 bridgehead atoms. The number of carbonyl (C=O) groups is 1. The number of carbonyl (C=O) groups excluding carboxylic acids is 1. The Labute approximate surface area is 171 Å². The predicted molar refractivity (Wildman–Crippen MR) is 115 cm³/mol. The second-order valence-corrected chi connectivity index (χ2v) is 7.08. The Morgan fingerprint density at radius 1 is 1.11 bits per heavy atom. The number of nitrogens with zero attached hydrogens (tertiary/aromatic N) is 2. The van der Waals surface area contributed by atoms with Crippen LogP contribution in [0.25, 0.3) is 0 Å². The Bertz CT molecular complexity index is 761. The van der Waals surface area contributed by atoms with Crippen LogP contribution in [0, 0.1) is 0 Å². The van der Waals surface area contributed by atoms with Crippen LogP contribution in [-0.2, 0) is 0 Å². The maximum atomic E-state index is 12.0. The zero-order valence-corrected chi connectivity index (χ0v) is 16.9. The summed E-state index contributed by atoms with van der Waals surface area (Å²) >= 11 is 6.08. The Balaban J connectivity index is 1.34. The van der Waals surface area contributed by atoms with Gasteiger partial charge in [-0.25, -0.2) is 4.79 Å². The van der Waals surface area contributed by atoms with Crippen molar-refractivity contribution < 1.29 is 9.53 Å². The van der Waals surface area contributed by atoms with Gasteiger partial charge in [0.2, 0.25) is 0 Å². The lowest BCUT2D eigenvalue weighted by molar-refractivity contribution is 0.240. The molecule has 0 saturated carbocycles. The molecule has 2 amide bonds. The van der Waals surface area contributed by atoms with Crippen molar-refractivity contribution in [3.8, 4) is 5.75 Å². The number of rotatable bonds is 7. The van der Waals surface area contributed by atoms with E-state index in [9.17, 15) is 4.79 Å². The van der Waals surface area contributed by atoms with Crippen LogP contribution in [0.1, 0.15) is 6.92 Å².